The van der Waals surface area contributed by atoms with Gasteiger partial charge in [0, 0.05) is 19.3 Å². The van der Waals surface area contributed by atoms with E-state index in [1.807, 2.05) is 13.8 Å². The molecule has 2 atom stereocenters. The normalized spacial score (nSPS) is 24.9. The number of hydrogen-bond donors (Lipinski definition) is 0. The predicted octanol–water partition coefficient (Wildman–Crippen LogP) is 0.888. The summed E-state index contributed by atoms with van der Waals surface area (Å²) in [6.45, 7) is 4.23. The fourth-order valence-corrected chi connectivity index (χ4v) is 4.56. The molecule has 1 fully saturated rings. The summed E-state index contributed by atoms with van der Waals surface area (Å²) < 4.78 is 54.8. The number of nitrogens with zero attached hydrogens (tertiary/aromatic N) is 1. The SMILES string of the molecule is CC1CN(S(=O)(=O)c2ccc(S(C)(=O)=O)cc2)CC(C)O1. The van der Waals surface area contributed by atoms with Gasteiger partial charge in [-0.1, -0.05) is 0 Å². The highest BCUT2D eigenvalue weighted by Gasteiger charge is 2.32. The topological polar surface area (TPSA) is 80.8 Å². The Bertz CT molecular complexity index is 699. The minimum Gasteiger partial charge on any atom is -0.373 e. The lowest BCUT2D eigenvalue weighted by molar-refractivity contribution is -0.0440. The fourth-order valence-electron chi connectivity index (χ4n) is 2.33. The minimum absolute atomic E-state index is 0.0937. The van der Waals surface area contributed by atoms with Crippen LogP contribution in [0.3, 0.4) is 0 Å². The van der Waals surface area contributed by atoms with Crippen LogP contribution < -0.4 is 0 Å². The van der Waals surface area contributed by atoms with E-state index in [0.717, 1.165) is 6.26 Å². The smallest absolute Gasteiger partial charge is 0.243 e. The summed E-state index contributed by atoms with van der Waals surface area (Å²) in [4.78, 5) is 0.196. The molecule has 118 valence electrons. The van der Waals surface area contributed by atoms with Crippen molar-refractivity contribution in [2.24, 2.45) is 0 Å². The van der Waals surface area contributed by atoms with Gasteiger partial charge in [0.05, 0.1) is 22.0 Å². The molecule has 1 aliphatic heterocycles. The Balaban J connectivity index is 2.31. The molecule has 1 aromatic carbocycles. The van der Waals surface area contributed by atoms with E-state index in [4.69, 9.17) is 4.74 Å². The van der Waals surface area contributed by atoms with E-state index in [-0.39, 0.29) is 22.0 Å². The third-order valence-corrected chi connectivity index (χ3v) is 6.25. The van der Waals surface area contributed by atoms with E-state index in [1.54, 1.807) is 0 Å². The molecule has 1 saturated heterocycles. The van der Waals surface area contributed by atoms with Crippen molar-refractivity contribution in [3.63, 3.8) is 0 Å². The Kier molecular flexibility index (Phi) is 4.44. The van der Waals surface area contributed by atoms with E-state index in [0.29, 0.717) is 13.1 Å². The van der Waals surface area contributed by atoms with Crippen molar-refractivity contribution in [3.8, 4) is 0 Å². The van der Waals surface area contributed by atoms with Crippen molar-refractivity contribution in [1.82, 2.24) is 4.31 Å². The first-order chi connectivity index (χ1) is 9.60. The number of hydrogen-bond acceptors (Lipinski definition) is 5. The Hall–Kier alpha value is -0.960. The molecule has 0 N–H and O–H groups in total. The Morgan fingerprint density at radius 3 is 1.81 bits per heavy atom. The maximum absolute atomic E-state index is 12.6. The summed E-state index contributed by atoms with van der Waals surface area (Å²) in [5.74, 6) is 0. The van der Waals surface area contributed by atoms with Crippen LogP contribution in [-0.2, 0) is 24.6 Å². The average Bonchev–Trinajstić information content (AvgIpc) is 2.36. The third kappa shape index (κ3) is 3.63. The largest absolute Gasteiger partial charge is 0.373 e. The van der Waals surface area contributed by atoms with Crippen LogP contribution in [0.1, 0.15) is 13.8 Å². The van der Waals surface area contributed by atoms with Gasteiger partial charge in [-0.15, -0.1) is 0 Å². The predicted molar refractivity (Wildman–Crippen MR) is 78.3 cm³/mol. The van der Waals surface area contributed by atoms with Gasteiger partial charge in [0.2, 0.25) is 10.0 Å². The highest BCUT2D eigenvalue weighted by Crippen LogP contribution is 2.22. The molecule has 0 aromatic heterocycles. The number of benzene rings is 1. The van der Waals surface area contributed by atoms with Crippen LogP contribution in [0.15, 0.2) is 34.1 Å². The molecule has 1 aliphatic rings. The molecule has 0 spiro atoms. The molecule has 1 heterocycles. The van der Waals surface area contributed by atoms with E-state index >= 15 is 0 Å². The number of rotatable bonds is 3. The number of ether oxygens (including phenoxy) is 1. The first kappa shape index (κ1) is 16.4. The molecule has 0 radical (unpaired) electrons. The molecule has 0 bridgehead atoms. The van der Waals surface area contributed by atoms with E-state index < -0.39 is 19.9 Å². The molecule has 0 saturated carbocycles. The zero-order chi connectivity index (χ0) is 15.8. The molecule has 0 amide bonds. The first-order valence-electron chi connectivity index (χ1n) is 6.56. The third-order valence-electron chi connectivity index (χ3n) is 3.28. The lowest BCUT2D eigenvalue weighted by Crippen LogP contribution is -2.48. The lowest BCUT2D eigenvalue weighted by atomic mass is 10.3. The van der Waals surface area contributed by atoms with Crippen LogP contribution >= 0.6 is 0 Å². The van der Waals surface area contributed by atoms with Crippen molar-refractivity contribution in [2.45, 2.75) is 35.8 Å². The molecular formula is C13H19NO5S2. The van der Waals surface area contributed by atoms with Crippen molar-refractivity contribution < 1.29 is 21.6 Å². The molecule has 21 heavy (non-hydrogen) atoms. The molecule has 2 unspecified atom stereocenters. The second-order valence-corrected chi connectivity index (χ2v) is 9.28. The standard InChI is InChI=1S/C13H19NO5S2/c1-10-8-14(9-11(2)19-10)21(17,18)13-6-4-12(5-7-13)20(3,15)16/h4-7,10-11H,8-9H2,1-3H3. The van der Waals surface area contributed by atoms with Crippen molar-refractivity contribution in [1.29, 1.82) is 0 Å². The van der Waals surface area contributed by atoms with Gasteiger partial charge in [-0.2, -0.15) is 4.31 Å². The van der Waals surface area contributed by atoms with Crippen LogP contribution in [0.4, 0.5) is 0 Å². The molecular weight excluding hydrogens is 314 g/mol. The van der Waals surface area contributed by atoms with Crippen LogP contribution in [0.2, 0.25) is 0 Å². The van der Waals surface area contributed by atoms with Gasteiger partial charge in [-0.25, -0.2) is 16.8 Å². The van der Waals surface area contributed by atoms with Crippen LogP contribution in [-0.4, -0.2) is 52.7 Å². The molecule has 6 nitrogen and oxygen atoms in total. The van der Waals surface area contributed by atoms with Gasteiger partial charge >= 0.3 is 0 Å². The maximum Gasteiger partial charge on any atom is 0.243 e. The van der Waals surface area contributed by atoms with E-state index in [1.165, 1.54) is 28.6 Å². The molecule has 0 aliphatic carbocycles. The Labute approximate surface area is 125 Å². The minimum atomic E-state index is -3.63. The van der Waals surface area contributed by atoms with Crippen molar-refractivity contribution >= 4 is 19.9 Å². The summed E-state index contributed by atoms with van der Waals surface area (Å²) in [7, 11) is -6.97. The summed E-state index contributed by atoms with van der Waals surface area (Å²) in [6, 6.07) is 5.29. The summed E-state index contributed by atoms with van der Waals surface area (Å²) >= 11 is 0. The second-order valence-electron chi connectivity index (χ2n) is 5.32. The van der Waals surface area contributed by atoms with Crippen molar-refractivity contribution in [3.05, 3.63) is 24.3 Å². The van der Waals surface area contributed by atoms with Gasteiger partial charge in [-0.3, -0.25) is 0 Å². The first-order valence-corrected chi connectivity index (χ1v) is 9.89. The van der Waals surface area contributed by atoms with Crippen LogP contribution in [0, 0.1) is 0 Å². The highest BCUT2D eigenvalue weighted by molar-refractivity contribution is 7.90. The molecule has 2 rings (SSSR count). The Morgan fingerprint density at radius 2 is 1.38 bits per heavy atom. The molecule has 1 aromatic rings. The van der Waals surface area contributed by atoms with Crippen LogP contribution in [0.5, 0.6) is 0 Å². The van der Waals surface area contributed by atoms with Gasteiger partial charge in [-0.05, 0) is 38.1 Å². The second kappa shape index (κ2) is 5.68. The highest BCUT2D eigenvalue weighted by atomic mass is 32.2. The Morgan fingerprint density at radius 1 is 0.952 bits per heavy atom. The summed E-state index contributed by atoms with van der Waals surface area (Å²) in [5, 5.41) is 0. The molecule has 8 heteroatoms. The van der Waals surface area contributed by atoms with Gasteiger partial charge in [0.1, 0.15) is 0 Å². The maximum atomic E-state index is 12.6. The zero-order valence-corrected chi connectivity index (χ0v) is 13.8. The number of morpholine rings is 1. The lowest BCUT2D eigenvalue weighted by Gasteiger charge is -2.34. The average molecular weight is 333 g/mol. The monoisotopic (exact) mass is 333 g/mol. The summed E-state index contributed by atoms with van der Waals surface area (Å²) in [6.07, 6.45) is 0.750. The number of sulfonamides is 1. The quantitative estimate of drug-likeness (QED) is 0.820. The number of sulfone groups is 1. The fraction of sp³-hybridized carbons (Fsp3) is 0.538. The van der Waals surface area contributed by atoms with Gasteiger partial charge < -0.3 is 4.74 Å². The van der Waals surface area contributed by atoms with E-state index in [9.17, 15) is 16.8 Å². The summed E-state index contributed by atoms with van der Waals surface area (Å²) in [5.41, 5.74) is 0. The van der Waals surface area contributed by atoms with Gasteiger partial charge in [0.25, 0.3) is 0 Å². The van der Waals surface area contributed by atoms with Crippen molar-refractivity contribution in [2.75, 3.05) is 19.3 Å². The van der Waals surface area contributed by atoms with E-state index in [2.05, 4.69) is 0 Å². The van der Waals surface area contributed by atoms with Gasteiger partial charge in [0.15, 0.2) is 9.84 Å². The zero-order valence-electron chi connectivity index (χ0n) is 12.2. The van der Waals surface area contributed by atoms with Crippen LogP contribution in [0.25, 0.3) is 0 Å².